The third-order valence-electron chi connectivity index (χ3n) is 2.03. The van der Waals surface area contributed by atoms with E-state index in [1.165, 1.54) is 0 Å². The zero-order valence-electron chi connectivity index (χ0n) is 6.82. The van der Waals surface area contributed by atoms with Gasteiger partial charge in [0.1, 0.15) is 0 Å². The molecule has 12 heavy (non-hydrogen) atoms. The van der Waals surface area contributed by atoms with E-state index in [0.717, 1.165) is 19.5 Å². The second-order valence-electron chi connectivity index (χ2n) is 3.14. The molecule has 0 bridgehead atoms. The molecule has 1 aliphatic heterocycles. The summed E-state index contributed by atoms with van der Waals surface area (Å²) < 4.78 is 35.1. The van der Waals surface area contributed by atoms with E-state index >= 15 is 0 Å². The normalized spacial score (nSPS) is 24.8. The molecule has 0 saturated carbocycles. The van der Waals surface area contributed by atoms with Crippen LogP contribution in [0.1, 0.15) is 19.3 Å². The number of rotatable bonds is 3. The van der Waals surface area contributed by atoms with Gasteiger partial charge in [-0.3, -0.25) is 0 Å². The zero-order chi connectivity index (χ0) is 9.03. The van der Waals surface area contributed by atoms with Crippen LogP contribution in [0.2, 0.25) is 0 Å². The number of hydrogen-bond donors (Lipinski definition) is 1. The van der Waals surface area contributed by atoms with E-state index in [1.807, 2.05) is 0 Å². The van der Waals surface area contributed by atoms with Crippen LogP contribution >= 0.6 is 0 Å². The summed E-state index contributed by atoms with van der Waals surface area (Å²) in [6.45, 7) is 1.78. The number of alkyl halides is 3. The first-order chi connectivity index (χ1) is 5.58. The van der Waals surface area contributed by atoms with Crippen molar-refractivity contribution in [2.75, 3.05) is 13.1 Å². The maximum atomic E-state index is 11.7. The van der Waals surface area contributed by atoms with Crippen LogP contribution < -0.4 is 5.32 Å². The topological polar surface area (TPSA) is 12.0 Å². The maximum absolute atomic E-state index is 11.7. The molecule has 0 aromatic heterocycles. The molecular formula is C8H13F3N. The quantitative estimate of drug-likeness (QED) is 0.701. The fraction of sp³-hybridized carbons (Fsp3) is 0.875. The van der Waals surface area contributed by atoms with Crippen molar-refractivity contribution in [2.45, 2.75) is 25.4 Å². The van der Waals surface area contributed by atoms with Gasteiger partial charge in [-0.2, -0.15) is 13.2 Å². The Morgan fingerprint density at radius 3 is 2.67 bits per heavy atom. The highest BCUT2D eigenvalue weighted by Gasteiger charge is 2.27. The van der Waals surface area contributed by atoms with Crippen molar-refractivity contribution in [3.05, 3.63) is 6.42 Å². The van der Waals surface area contributed by atoms with Gasteiger partial charge in [-0.15, -0.1) is 0 Å². The Hall–Kier alpha value is -0.250. The van der Waals surface area contributed by atoms with Crippen molar-refractivity contribution in [2.24, 2.45) is 5.92 Å². The molecule has 1 radical (unpaired) electrons. The Morgan fingerprint density at radius 1 is 1.42 bits per heavy atom. The highest BCUT2D eigenvalue weighted by Crippen LogP contribution is 2.24. The molecule has 1 nitrogen and oxygen atoms in total. The first-order valence-electron chi connectivity index (χ1n) is 4.19. The standard InChI is InChI=1S/C8H13F3N/c9-8(10,11)4-1-2-7-3-5-12-6-7/h2,7,12H,1,3-6H2. The molecule has 1 unspecified atom stereocenters. The van der Waals surface area contributed by atoms with Crippen LogP contribution in [0.5, 0.6) is 0 Å². The summed E-state index contributed by atoms with van der Waals surface area (Å²) in [5.41, 5.74) is 0. The minimum atomic E-state index is -4.00. The van der Waals surface area contributed by atoms with Gasteiger partial charge >= 0.3 is 6.18 Å². The third kappa shape index (κ3) is 3.95. The molecule has 1 fully saturated rings. The summed E-state index contributed by atoms with van der Waals surface area (Å²) in [6, 6.07) is 0. The van der Waals surface area contributed by atoms with Crippen molar-refractivity contribution in [3.63, 3.8) is 0 Å². The minimum absolute atomic E-state index is 0.163. The lowest BCUT2D eigenvalue weighted by Gasteiger charge is -2.08. The van der Waals surface area contributed by atoms with Crippen LogP contribution in [0.25, 0.3) is 0 Å². The Morgan fingerprint density at radius 2 is 2.17 bits per heavy atom. The van der Waals surface area contributed by atoms with Crippen molar-refractivity contribution in [1.29, 1.82) is 0 Å². The molecule has 1 saturated heterocycles. The highest BCUT2D eigenvalue weighted by atomic mass is 19.4. The molecule has 0 amide bonds. The first-order valence-corrected chi connectivity index (χ1v) is 4.19. The van der Waals surface area contributed by atoms with Crippen LogP contribution in [-0.4, -0.2) is 19.3 Å². The van der Waals surface area contributed by atoms with Crippen molar-refractivity contribution in [3.8, 4) is 0 Å². The van der Waals surface area contributed by atoms with E-state index in [4.69, 9.17) is 0 Å². The average Bonchev–Trinajstić information content (AvgIpc) is 2.36. The highest BCUT2D eigenvalue weighted by molar-refractivity contribution is 4.83. The summed E-state index contributed by atoms with van der Waals surface area (Å²) in [4.78, 5) is 0. The predicted molar refractivity (Wildman–Crippen MR) is 40.6 cm³/mol. The molecule has 71 valence electrons. The zero-order valence-corrected chi connectivity index (χ0v) is 6.82. The van der Waals surface area contributed by atoms with Gasteiger partial charge in [0.05, 0.1) is 0 Å². The van der Waals surface area contributed by atoms with E-state index < -0.39 is 12.6 Å². The lowest BCUT2D eigenvalue weighted by molar-refractivity contribution is -0.134. The molecule has 0 spiro atoms. The molecule has 1 N–H and O–H groups in total. The Kier molecular flexibility index (Phi) is 3.38. The summed E-state index contributed by atoms with van der Waals surface area (Å²) >= 11 is 0. The number of halogens is 3. The third-order valence-corrected chi connectivity index (χ3v) is 2.03. The molecule has 0 aliphatic carbocycles. The van der Waals surface area contributed by atoms with Gasteiger partial charge in [0.15, 0.2) is 0 Å². The summed E-state index contributed by atoms with van der Waals surface area (Å²) in [6.07, 6.45) is -1.74. The first kappa shape index (κ1) is 9.84. The second kappa shape index (κ2) is 4.12. The van der Waals surface area contributed by atoms with E-state index in [2.05, 4.69) is 5.32 Å². The van der Waals surface area contributed by atoms with Gasteiger partial charge in [0, 0.05) is 6.42 Å². The summed E-state index contributed by atoms with van der Waals surface area (Å²) in [5.74, 6) is 0.354. The summed E-state index contributed by atoms with van der Waals surface area (Å²) in [7, 11) is 0. The van der Waals surface area contributed by atoms with Gasteiger partial charge in [-0.25, -0.2) is 0 Å². The fourth-order valence-electron chi connectivity index (χ4n) is 1.36. The SMILES string of the molecule is FC(F)(F)CC[CH]C1CCNC1. The molecule has 1 aliphatic rings. The Bertz CT molecular complexity index is 127. The molecule has 1 rings (SSSR count). The molecule has 0 aromatic rings. The van der Waals surface area contributed by atoms with Crippen molar-refractivity contribution in [1.82, 2.24) is 5.32 Å². The van der Waals surface area contributed by atoms with Crippen LogP contribution in [0.3, 0.4) is 0 Å². The van der Waals surface area contributed by atoms with Gasteiger partial charge in [-0.1, -0.05) is 0 Å². The van der Waals surface area contributed by atoms with E-state index in [-0.39, 0.29) is 6.42 Å². The van der Waals surface area contributed by atoms with Crippen LogP contribution in [0.4, 0.5) is 13.2 Å². The van der Waals surface area contributed by atoms with Gasteiger partial charge in [-0.05, 0) is 38.3 Å². The minimum Gasteiger partial charge on any atom is -0.316 e. The number of hydrogen-bond acceptors (Lipinski definition) is 1. The molecule has 1 heterocycles. The summed E-state index contributed by atoms with van der Waals surface area (Å²) in [5, 5.41) is 3.11. The molecule has 0 aromatic carbocycles. The molecular weight excluding hydrogens is 167 g/mol. The number of nitrogens with one attached hydrogen (secondary N) is 1. The predicted octanol–water partition coefficient (Wildman–Crippen LogP) is 2.14. The van der Waals surface area contributed by atoms with Crippen LogP contribution in [0, 0.1) is 12.3 Å². The molecule has 4 heteroatoms. The lowest BCUT2D eigenvalue weighted by atomic mass is 10.0. The van der Waals surface area contributed by atoms with Crippen molar-refractivity contribution < 1.29 is 13.2 Å². The van der Waals surface area contributed by atoms with Crippen molar-refractivity contribution >= 4 is 0 Å². The lowest BCUT2D eigenvalue weighted by Crippen LogP contribution is -2.11. The Balaban J connectivity index is 2.02. The molecule has 1 atom stereocenters. The average molecular weight is 180 g/mol. The van der Waals surface area contributed by atoms with E-state index in [9.17, 15) is 13.2 Å². The van der Waals surface area contributed by atoms with Gasteiger partial charge in [0.2, 0.25) is 0 Å². The fourth-order valence-corrected chi connectivity index (χ4v) is 1.36. The van der Waals surface area contributed by atoms with Gasteiger partial charge < -0.3 is 5.32 Å². The monoisotopic (exact) mass is 180 g/mol. The largest absolute Gasteiger partial charge is 0.389 e. The van der Waals surface area contributed by atoms with Crippen LogP contribution in [-0.2, 0) is 0 Å². The van der Waals surface area contributed by atoms with E-state index in [1.54, 1.807) is 6.42 Å². The Labute approximate surface area is 70.3 Å². The smallest absolute Gasteiger partial charge is 0.316 e. The van der Waals surface area contributed by atoms with Gasteiger partial charge in [0.25, 0.3) is 0 Å². The van der Waals surface area contributed by atoms with E-state index in [0.29, 0.717) is 5.92 Å². The maximum Gasteiger partial charge on any atom is 0.389 e. The second-order valence-corrected chi connectivity index (χ2v) is 3.14. The van der Waals surface area contributed by atoms with Crippen LogP contribution in [0.15, 0.2) is 0 Å².